The summed E-state index contributed by atoms with van der Waals surface area (Å²) in [5.74, 6) is 1.32. The van der Waals surface area contributed by atoms with Crippen LogP contribution >= 0.6 is 31.9 Å². The highest BCUT2D eigenvalue weighted by molar-refractivity contribution is 9.10. The predicted octanol–water partition coefficient (Wildman–Crippen LogP) is 4.46. The maximum atomic E-state index is 12.5. The minimum Gasteiger partial charge on any atom is -0.497 e. The number of hydrogen-bond acceptors (Lipinski definition) is 3. The summed E-state index contributed by atoms with van der Waals surface area (Å²) in [7, 11) is 3.17. The fraction of sp³-hybridized carbons (Fsp3) is 0.133. The molecule has 0 amide bonds. The molecule has 0 saturated carbocycles. The van der Waals surface area contributed by atoms with E-state index in [1.165, 1.54) is 0 Å². The first-order chi connectivity index (χ1) is 9.56. The minimum atomic E-state index is -0.0668. The van der Waals surface area contributed by atoms with Crippen LogP contribution in [0.4, 0.5) is 0 Å². The molecular formula is C15H12Br2O3. The van der Waals surface area contributed by atoms with Gasteiger partial charge in [-0.15, -0.1) is 0 Å². The van der Waals surface area contributed by atoms with E-state index in [0.717, 1.165) is 4.47 Å². The van der Waals surface area contributed by atoms with E-state index >= 15 is 0 Å². The topological polar surface area (TPSA) is 35.5 Å². The fourth-order valence-corrected chi connectivity index (χ4v) is 2.85. The average Bonchev–Trinajstić information content (AvgIpc) is 2.46. The number of carbonyl (C=O) groups is 1. The van der Waals surface area contributed by atoms with Crippen LogP contribution < -0.4 is 9.47 Å². The van der Waals surface area contributed by atoms with Gasteiger partial charge in [0.05, 0.1) is 18.7 Å². The zero-order valence-electron chi connectivity index (χ0n) is 10.9. The van der Waals surface area contributed by atoms with E-state index in [0.29, 0.717) is 27.1 Å². The van der Waals surface area contributed by atoms with Crippen molar-refractivity contribution in [1.29, 1.82) is 0 Å². The first kappa shape index (κ1) is 15.1. The Hall–Kier alpha value is -1.33. The van der Waals surface area contributed by atoms with Crippen molar-refractivity contribution in [2.75, 3.05) is 14.2 Å². The number of hydrogen-bond donors (Lipinski definition) is 0. The highest BCUT2D eigenvalue weighted by Crippen LogP contribution is 2.29. The van der Waals surface area contributed by atoms with Crippen molar-refractivity contribution in [1.82, 2.24) is 0 Å². The van der Waals surface area contributed by atoms with Crippen molar-refractivity contribution >= 4 is 37.6 Å². The Morgan fingerprint density at radius 2 is 1.70 bits per heavy atom. The second kappa shape index (κ2) is 6.41. The Kier molecular flexibility index (Phi) is 4.83. The van der Waals surface area contributed by atoms with Crippen LogP contribution in [0.3, 0.4) is 0 Å². The van der Waals surface area contributed by atoms with Crippen molar-refractivity contribution in [2.24, 2.45) is 0 Å². The van der Waals surface area contributed by atoms with Gasteiger partial charge in [0.1, 0.15) is 11.5 Å². The molecule has 0 aromatic heterocycles. The first-order valence-electron chi connectivity index (χ1n) is 5.78. The molecule has 2 aromatic rings. The molecule has 5 heteroatoms. The largest absolute Gasteiger partial charge is 0.497 e. The van der Waals surface area contributed by atoms with Gasteiger partial charge in [-0.05, 0) is 68.3 Å². The van der Waals surface area contributed by atoms with Crippen molar-refractivity contribution < 1.29 is 14.3 Å². The molecule has 2 rings (SSSR count). The monoisotopic (exact) mass is 398 g/mol. The summed E-state index contributed by atoms with van der Waals surface area (Å²) in [6.45, 7) is 0. The molecule has 0 aliphatic heterocycles. The van der Waals surface area contributed by atoms with E-state index in [1.54, 1.807) is 50.6 Å². The molecule has 0 fully saturated rings. The molecule has 2 aromatic carbocycles. The second-order valence-corrected chi connectivity index (χ2v) is 5.73. The molecule has 0 heterocycles. The van der Waals surface area contributed by atoms with E-state index in [1.807, 2.05) is 0 Å². The number of rotatable bonds is 4. The van der Waals surface area contributed by atoms with E-state index in [4.69, 9.17) is 9.47 Å². The standard InChI is InChI=1S/C15H12Br2O3/c1-19-10-4-5-11(12(16)8-10)15(18)9-3-6-14(20-2)13(17)7-9/h3-8H,1-2H3. The molecule has 104 valence electrons. The molecule has 0 bridgehead atoms. The number of carbonyl (C=O) groups excluding carboxylic acids is 1. The average molecular weight is 400 g/mol. The summed E-state index contributed by atoms with van der Waals surface area (Å²) >= 11 is 6.78. The molecule has 0 saturated heterocycles. The van der Waals surface area contributed by atoms with Crippen LogP contribution in [0.15, 0.2) is 45.3 Å². The highest BCUT2D eigenvalue weighted by atomic mass is 79.9. The van der Waals surface area contributed by atoms with E-state index in [9.17, 15) is 4.79 Å². The smallest absolute Gasteiger partial charge is 0.194 e. The molecule has 0 aliphatic carbocycles. The summed E-state index contributed by atoms with van der Waals surface area (Å²) in [6.07, 6.45) is 0. The lowest BCUT2D eigenvalue weighted by atomic mass is 10.0. The van der Waals surface area contributed by atoms with E-state index < -0.39 is 0 Å². The predicted molar refractivity (Wildman–Crippen MR) is 84.8 cm³/mol. The van der Waals surface area contributed by atoms with Gasteiger partial charge in [0.15, 0.2) is 5.78 Å². The van der Waals surface area contributed by atoms with Gasteiger partial charge in [0.25, 0.3) is 0 Å². The van der Waals surface area contributed by atoms with Gasteiger partial charge in [0, 0.05) is 15.6 Å². The highest BCUT2D eigenvalue weighted by Gasteiger charge is 2.14. The molecule has 3 nitrogen and oxygen atoms in total. The quantitative estimate of drug-likeness (QED) is 0.712. The van der Waals surface area contributed by atoms with Gasteiger partial charge in [-0.3, -0.25) is 4.79 Å². The Labute approximate surface area is 134 Å². The summed E-state index contributed by atoms with van der Waals surface area (Å²) in [5.41, 5.74) is 1.17. The Balaban J connectivity index is 2.38. The summed E-state index contributed by atoms with van der Waals surface area (Å²) in [5, 5.41) is 0. The lowest BCUT2D eigenvalue weighted by Gasteiger charge is -2.08. The van der Waals surface area contributed by atoms with Gasteiger partial charge >= 0.3 is 0 Å². The van der Waals surface area contributed by atoms with Gasteiger partial charge in [0.2, 0.25) is 0 Å². The van der Waals surface area contributed by atoms with Gasteiger partial charge < -0.3 is 9.47 Å². The molecular weight excluding hydrogens is 388 g/mol. The van der Waals surface area contributed by atoms with Gasteiger partial charge in [-0.2, -0.15) is 0 Å². The SMILES string of the molecule is COc1ccc(C(=O)c2ccc(OC)c(Br)c2)c(Br)c1. The van der Waals surface area contributed by atoms with Crippen molar-refractivity contribution in [3.63, 3.8) is 0 Å². The first-order valence-corrected chi connectivity index (χ1v) is 7.37. The third-order valence-corrected chi connectivity index (χ3v) is 4.11. The second-order valence-electron chi connectivity index (χ2n) is 4.02. The maximum Gasteiger partial charge on any atom is 0.194 e. The third-order valence-electron chi connectivity index (χ3n) is 2.83. The van der Waals surface area contributed by atoms with Crippen LogP contribution in [0.2, 0.25) is 0 Å². The van der Waals surface area contributed by atoms with Crippen molar-refractivity contribution in [3.8, 4) is 11.5 Å². The number of methoxy groups -OCH3 is 2. The van der Waals surface area contributed by atoms with Gasteiger partial charge in [-0.25, -0.2) is 0 Å². The normalized spacial score (nSPS) is 10.2. The van der Waals surface area contributed by atoms with Crippen LogP contribution in [0.25, 0.3) is 0 Å². The number of benzene rings is 2. The van der Waals surface area contributed by atoms with E-state index in [2.05, 4.69) is 31.9 Å². The van der Waals surface area contributed by atoms with Crippen LogP contribution in [0, 0.1) is 0 Å². The number of halogens is 2. The maximum absolute atomic E-state index is 12.5. The zero-order chi connectivity index (χ0) is 14.7. The van der Waals surface area contributed by atoms with Crippen molar-refractivity contribution in [3.05, 3.63) is 56.5 Å². The molecule has 0 atom stereocenters. The number of ether oxygens (including phenoxy) is 2. The summed E-state index contributed by atoms with van der Waals surface area (Å²) < 4.78 is 11.7. The van der Waals surface area contributed by atoms with Crippen LogP contribution in [0.1, 0.15) is 15.9 Å². The Morgan fingerprint density at radius 3 is 2.25 bits per heavy atom. The fourth-order valence-electron chi connectivity index (χ4n) is 1.77. The molecule has 0 spiro atoms. The summed E-state index contributed by atoms with van der Waals surface area (Å²) in [4.78, 5) is 12.5. The van der Waals surface area contributed by atoms with Crippen LogP contribution in [-0.2, 0) is 0 Å². The third kappa shape index (κ3) is 3.04. The minimum absolute atomic E-state index is 0.0668. The van der Waals surface area contributed by atoms with Crippen molar-refractivity contribution in [2.45, 2.75) is 0 Å². The molecule has 0 N–H and O–H groups in total. The molecule has 0 aliphatic rings. The van der Waals surface area contributed by atoms with Crippen LogP contribution in [-0.4, -0.2) is 20.0 Å². The van der Waals surface area contributed by atoms with Gasteiger partial charge in [-0.1, -0.05) is 0 Å². The Bertz CT molecular complexity index is 654. The Morgan fingerprint density at radius 1 is 0.950 bits per heavy atom. The molecule has 0 radical (unpaired) electrons. The molecule has 0 unspecified atom stereocenters. The lowest BCUT2D eigenvalue weighted by Crippen LogP contribution is -2.03. The zero-order valence-corrected chi connectivity index (χ0v) is 14.1. The number of ketones is 1. The summed E-state index contributed by atoms with van der Waals surface area (Å²) in [6, 6.07) is 10.5. The molecule has 20 heavy (non-hydrogen) atoms. The van der Waals surface area contributed by atoms with E-state index in [-0.39, 0.29) is 5.78 Å². The lowest BCUT2D eigenvalue weighted by molar-refractivity contribution is 0.103. The van der Waals surface area contributed by atoms with Crippen LogP contribution in [0.5, 0.6) is 11.5 Å².